The fraction of sp³-hybridized carbons (Fsp3) is 0.452. The summed E-state index contributed by atoms with van der Waals surface area (Å²) >= 11 is 23.4. The molecule has 0 saturated heterocycles. The summed E-state index contributed by atoms with van der Waals surface area (Å²) in [6.45, 7) is 9.75. The Morgan fingerprint density at radius 2 is 1.60 bits per heavy atom. The minimum atomic E-state index is -0.459. The van der Waals surface area contributed by atoms with Crippen LogP contribution in [0.2, 0.25) is 20.1 Å². The molecule has 3 aromatic rings. The van der Waals surface area contributed by atoms with Gasteiger partial charge in [-0.1, -0.05) is 66.0 Å². The van der Waals surface area contributed by atoms with Crippen molar-refractivity contribution in [2.75, 3.05) is 33.3 Å². The van der Waals surface area contributed by atoms with Gasteiger partial charge in [0.15, 0.2) is 0 Å². The molecule has 2 aromatic carbocycles. The van der Waals surface area contributed by atoms with Crippen LogP contribution >= 0.6 is 46.4 Å². The van der Waals surface area contributed by atoms with Crippen molar-refractivity contribution < 1.29 is 37.6 Å². The van der Waals surface area contributed by atoms with Crippen molar-refractivity contribution in [3.05, 3.63) is 79.3 Å². The van der Waals surface area contributed by atoms with E-state index < -0.39 is 5.60 Å². The Morgan fingerprint density at radius 3 is 2.19 bits per heavy atom. The molecule has 48 heavy (non-hydrogen) atoms. The van der Waals surface area contributed by atoms with Crippen LogP contribution in [-0.4, -0.2) is 76.5 Å². The molecule has 1 aromatic heterocycles. The van der Waals surface area contributed by atoms with E-state index in [0.717, 1.165) is 48.8 Å². The number of nitrogens with zero attached hydrogens (tertiary/aromatic N) is 5. The van der Waals surface area contributed by atoms with Crippen molar-refractivity contribution in [1.29, 1.82) is 0 Å². The number of fused-ring (bicyclic) bond motifs is 1. The first kappa shape index (κ1) is 43.5. The molecule has 2 aliphatic heterocycles. The number of aromatic nitrogens is 3. The number of ether oxygens (including phenoxy) is 2. The zero-order valence-electron chi connectivity index (χ0n) is 26.5. The van der Waals surface area contributed by atoms with Gasteiger partial charge in [-0.2, -0.15) is 0 Å². The molecule has 0 unspecified atom stereocenters. The van der Waals surface area contributed by atoms with Crippen LogP contribution in [0.3, 0.4) is 0 Å². The first-order chi connectivity index (χ1) is 21.8. The Bertz CT molecular complexity index is 1530. The smallest absolute Gasteiger partial charge is 0.410 e. The number of hydrazine groups is 1. The van der Waals surface area contributed by atoms with Crippen LogP contribution in [0.5, 0.6) is 0 Å². The van der Waals surface area contributed by atoms with Crippen LogP contribution in [0.1, 0.15) is 51.0 Å². The number of amides is 2. The Kier molecular flexibility index (Phi) is 18.9. The molecule has 12 nitrogen and oxygen atoms in total. The maximum Gasteiger partial charge on any atom is 0.410 e. The summed E-state index contributed by atoms with van der Waals surface area (Å²) in [5, 5.41) is 13.8. The van der Waals surface area contributed by atoms with E-state index in [1.165, 1.54) is 0 Å². The second-order valence-electron chi connectivity index (χ2n) is 11.2. The third-order valence-electron chi connectivity index (χ3n) is 6.43. The number of carbonyl (C=O) groups excluding carboxylic acids is 2. The standard InChI is InChI=1S/C12H12Cl2N4.C10H18N2O3.C8H8Cl2N2O.CH4.V/c13-9-2-1-8(5-10(9)14)6-11-16-17-12-7-15-3-4-18(11)12;1-10(2,3)15-9(13)12-6-5-11-8(7-12)14-4;9-6-2-1-5(3-7(6)10)4-8(13)12-11;;/h1-2,5,15H,3-4,6-7H2;5-7H2,1-4H3;1-3H,4,11H2,(H,12,13);1H4;. The number of nitrogens with two attached hydrogens (primary N) is 1. The van der Waals surface area contributed by atoms with Crippen LogP contribution in [0.25, 0.3) is 0 Å². The van der Waals surface area contributed by atoms with Gasteiger partial charge in [0.2, 0.25) is 11.8 Å². The van der Waals surface area contributed by atoms with Crippen molar-refractivity contribution in [3.8, 4) is 0 Å². The van der Waals surface area contributed by atoms with Gasteiger partial charge in [-0.05, 0) is 56.2 Å². The Morgan fingerprint density at radius 1 is 0.979 bits per heavy atom. The molecule has 1 radical (unpaired) electrons. The number of hydrogen-bond acceptors (Lipinski definition) is 9. The van der Waals surface area contributed by atoms with Gasteiger partial charge in [-0.25, -0.2) is 10.6 Å². The molecule has 0 bridgehead atoms. The minimum absolute atomic E-state index is 0. The SMILES string of the molecule is C.COC1=NCCN(C(=O)OC(C)(C)C)C1.Clc1ccc(Cc2nnc3n2CCNC3)cc1Cl.NNC(=O)Cc1ccc(Cl)c(Cl)c1.[V]. The maximum absolute atomic E-state index is 11.7. The van der Waals surface area contributed by atoms with Crippen molar-refractivity contribution in [1.82, 2.24) is 30.4 Å². The summed E-state index contributed by atoms with van der Waals surface area (Å²) in [5.74, 6) is 7.21. The van der Waals surface area contributed by atoms with Crippen LogP contribution in [0.15, 0.2) is 41.4 Å². The Hall–Kier alpha value is -2.55. The van der Waals surface area contributed by atoms with Crippen molar-refractivity contribution >= 4 is 64.3 Å². The molecule has 0 fully saturated rings. The normalized spacial score (nSPS) is 13.4. The summed E-state index contributed by atoms with van der Waals surface area (Å²) in [6.07, 6.45) is 0.615. The van der Waals surface area contributed by atoms with E-state index >= 15 is 0 Å². The average molecular weight is 783 g/mol. The van der Waals surface area contributed by atoms with E-state index in [0.29, 0.717) is 45.6 Å². The fourth-order valence-corrected chi connectivity index (χ4v) is 4.84. The van der Waals surface area contributed by atoms with E-state index in [4.69, 9.17) is 61.7 Å². The fourth-order valence-electron chi connectivity index (χ4n) is 4.20. The van der Waals surface area contributed by atoms with Crippen molar-refractivity contribution in [2.24, 2.45) is 10.8 Å². The quantitative estimate of drug-likeness (QED) is 0.173. The predicted molar refractivity (Wildman–Crippen MR) is 187 cm³/mol. The Balaban J connectivity index is 0.000000358. The first-order valence-electron chi connectivity index (χ1n) is 14.3. The molecule has 0 saturated carbocycles. The van der Waals surface area contributed by atoms with Gasteiger partial charge in [-0.3, -0.25) is 20.1 Å². The molecule has 2 amide bonds. The third kappa shape index (κ3) is 14.1. The van der Waals surface area contributed by atoms with E-state index in [9.17, 15) is 9.59 Å². The summed E-state index contributed by atoms with van der Waals surface area (Å²) in [4.78, 5) is 28.2. The summed E-state index contributed by atoms with van der Waals surface area (Å²) in [6, 6.07) is 10.7. The van der Waals surface area contributed by atoms with E-state index in [2.05, 4.69) is 25.1 Å². The number of aliphatic imine (C=N–C) groups is 1. The predicted octanol–water partition coefficient (Wildman–Crippen LogP) is 5.72. The van der Waals surface area contributed by atoms with Gasteiger partial charge in [0.05, 0.1) is 53.3 Å². The molecule has 5 rings (SSSR count). The number of hydrogen-bond donors (Lipinski definition) is 3. The van der Waals surface area contributed by atoms with Gasteiger partial charge in [0, 0.05) is 44.6 Å². The second kappa shape index (κ2) is 20.8. The monoisotopic (exact) mass is 781 g/mol. The first-order valence-corrected chi connectivity index (χ1v) is 15.8. The van der Waals surface area contributed by atoms with Crippen LogP contribution in [0.4, 0.5) is 4.79 Å². The molecule has 17 heteroatoms. The van der Waals surface area contributed by atoms with Crippen molar-refractivity contribution in [2.45, 2.75) is 59.7 Å². The van der Waals surface area contributed by atoms with Gasteiger partial charge in [-0.15, -0.1) is 10.2 Å². The van der Waals surface area contributed by atoms with Crippen LogP contribution in [0, 0.1) is 0 Å². The number of methoxy groups -OCH3 is 1. The summed E-state index contributed by atoms with van der Waals surface area (Å²) in [5.41, 5.74) is 3.44. The molecule has 3 heterocycles. The van der Waals surface area contributed by atoms with E-state index in [-0.39, 0.29) is 44.4 Å². The molecule has 263 valence electrons. The molecular weight excluding hydrogens is 741 g/mol. The third-order valence-corrected chi connectivity index (χ3v) is 7.90. The number of carbonyl (C=O) groups is 2. The second-order valence-corrected chi connectivity index (χ2v) is 12.8. The largest absolute Gasteiger partial charge is 0.483 e. The molecule has 0 atom stereocenters. The van der Waals surface area contributed by atoms with Crippen molar-refractivity contribution in [3.63, 3.8) is 0 Å². The Labute approximate surface area is 313 Å². The number of rotatable bonds is 4. The molecular formula is C31H42Cl4N8O4V. The van der Waals surface area contributed by atoms with Gasteiger partial charge >= 0.3 is 6.09 Å². The molecule has 2 aliphatic rings. The van der Waals surface area contributed by atoms with Gasteiger partial charge in [0.1, 0.15) is 17.2 Å². The summed E-state index contributed by atoms with van der Waals surface area (Å²) in [7, 11) is 1.55. The van der Waals surface area contributed by atoms with E-state index in [1.54, 1.807) is 30.2 Å². The molecule has 4 N–H and O–H groups in total. The zero-order chi connectivity index (χ0) is 33.9. The van der Waals surface area contributed by atoms with Crippen LogP contribution in [-0.2, 0) is 58.8 Å². The number of nitrogens with one attached hydrogen (secondary N) is 2. The average Bonchev–Trinajstić information content (AvgIpc) is 3.43. The number of halogens is 4. The minimum Gasteiger partial charge on any atom is -0.483 e. The van der Waals surface area contributed by atoms with Gasteiger partial charge in [0.25, 0.3) is 0 Å². The molecule has 0 spiro atoms. The topological polar surface area (TPSA) is 149 Å². The van der Waals surface area contributed by atoms with Gasteiger partial charge < -0.3 is 19.4 Å². The molecule has 0 aliphatic carbocycles. The van der Waals surface area contributed by atoms with Crippen LogP contribution < -0.4 is 16.6 Å². The zero-order valence-corrected chi connectivity index (χ0v) is 30.9. The number of benzene rings is 2. The maximum atomic E-state index is 11.7. The van der Waals surface area contributed by atoms with E-state index in [1.807, 2.05) is 44.4 Å². The summed E-state index contributed by atoms with van der Waals surface area (Å²) < 4.78 is 12.4.